The van der Waals surface area contributed by atoms with E-state index in [1.165, 1.54) is 0 Å². The van der Waals surface area contributed by atoms with Gasteiger partial charge >= 0.3 is 0 Å². The van der Waals surface area contributed by atoms with Crippen molar-refractivity contribution in [3.05, 3.63) is 77.7 Å². The summed E-state index contributed by atoms with van der Waals surface area (Å²) in [5, 5.41) is 5.88. The minimum atomic E-state index is 0.00424. The van der Waals surface area contributed by atoms with Gasteiger partial charge in [-0.15, -0.1) is 0 Å². The zero-order valence-electron chi connectivity index (χ0n) is 14.5. The highest BCUT2D eigenvalue weighted by atomic mass is 35.5. The highest BCUT2D eigenvalue weighted by Crippen LogP contribution is 2.35. The Balaban J connectivity index is 1.54. The fourth-order valence-corrected chi connectivity index (χ4v) is 3.84. The summed E-state index contributed by atoms with van der Waals surface area (Å²) in [5.74, 6) is 0.00424. The Hall–Kier alpha value is -3.05. The molecule has 5 nitrogen and oxygen atoms in total. The number of aromatic nitrogens is 3. The largest absolute Gasteiger partial charge is 0.350 e. The molecule has 0 unspecified atom stereocenters. The van der Waals surface area contributed by atoms with Crippen molar-refractivity contribution in [1.82, 2.24) is 19.7 Å². The van der Waals surface area contributed by atoms with Crippen molar-refractivity contribution in [1.29, 1.82) is 0 Å². The molecule has 2 aromatic heterocycles. The molecule has 1 N–H and O–H groups in total. The maximum absolute atomic E-state index is 13.2. The zero-order chi connectivity index (χ0) is 18.4. The molecule has 0 saturated carbocycles. The second-order valence-electron chi connectivity index (χ2n) is 6.78. The fraction of sp³-hybridized carbons (Fsp3) is 0.143. The molecular formula is C21H17ClN4O. The van der Waals surface area contributed by atoms with Crippen molar-refractivity contribution < 1.29 is 4.79 Å². The smallest absolute Gasteiger partial charge is 0.271 e. The maximum atomic E-state index is 13.2. The highest BCUT2D eigenvalue weighted by molar-refractivity contribution is 6.31. The van der Waals surface area contributed by atoms with Crippen LogP contribution in [0.25, 0.3) is 22.0 Å². The molecule has 6 heteroatoms. The van der Waals surface area contributed by atoms with E-state index < -0.39 is 0 Å². The van der Waals surface area contributed by atoms with E-state index in [9.17, 15) is 4.79 Å². The summed E-state index contributed by atoms with van der Waals surface area (Å²) in [6.07, 6.45) is 3.70. The van der Waals surface area contributed by atoms with Crippen LogP contribution in [0.5, 0.6) is 0 Å². The van der Waals surface area contributed by atoms with E-state index in [1.54, 1.807) is 6.20 Å². The molecule has 27 heavy (non-hydrogen) atoms. The number of carbonyl (C=O) groups is 1. The quantitative estimate of drug-likeness (QED) is 0.576. The molecule has 0 radical (unpaired) electrons. The topological polar surface area (TPSA) is 53.9 Å². The molecule has 0 spiro atoms. The van der Waals surface area contributed by atoms with Gasteiger partial charge in [0.05, 0.1) is 6.04 Å². The number of benzene rings is 2. The van der Waals surface area contributed by atoms with Crippen LogP contribution < -0.4 is 0 Å². The third-order valence-electron chi connectivity index (χ3n) is 5.09. The number of H-pyrrole nitrogens is 1. The van der Waals surface area contributed by atoms with E-state index in [4.69, 9.17) is 11.6 Å². The number of amides is 1. The number of aromatic amines is 1. The number of halogens is 1. The molecule has 1 aliphatic heterocycles. The van der Waals surface area contributed by atoms with Crippen molar-refractivity contribution in [2.75, 3.05) is 13.1 Å². The van der Waals surface area contributed by atoms with Crippen LogP contribution >= 0.6 is 11.6 Å². The second kappa shape index (κ2) is 6.28. The van der Waals surface area contributed by atoms with Crippen LogP contribution in [0.15, 0.2) is 67.0 Å². The van der Waals surface area contributed by atoms with Gasteiger partial charge in [0, 0.05) is 47.0 Å². The predicted molar refractivity (Wildman–Crippen MR) is 106 cm³/mol. The second-order valence-corrected chi connectivity index (χ2v) is 7.22. The van der Waals surface area contributed by atoms with Crippen LogP contribution in [0.3, 0.4) is 0 Å². The van der Waals surface area contributed by atoms with Gasteiger partial charge in [-0.2, -0.15) is 5.10 Å². The summed E-state index contributed by atoms with van der Waals surface area (Å²) >= 11 is 6.23. The van der Waals surface area contributed by atoms with E-state index >= 15 is 0 Å². The third-order valence-corrected chi connectivity index (χ3v) is 5.32. The first-order valence-electron chi connectivity index (χ1n) is 8.86. The van der Waals surface area contributed by atoms with Crippen LogP contribution in [0, 0.1) is 0 Å². The summed E-state index contributed by atoms with van der Waals surface area (Å²) in [6.45, 7) is 1.32. The lowest BCUT2D eigenvalue weighted by Gasteiger charge is -2.39. The van der Waals surface area contributed by atoms with Gasteiger partial charge in [-0.05, 0) is 29.8 Å². The van der Waals surface area contributed by atoms with Gasteiger partial charge in [0.25, 0.3) is 5.91 Å². The number of hydrogen-bond donors (Lipinski definition) is 1. The lowest BCUT2D eigenvalue weighted by atomic mass is 10.00. The minimum Gasteiger partial charge on any atom is -0.350 e. The Morgan fingerprint density at radius 3 is 2.67 bits per heavy atom. The summed E-state index contributed by atoms with van der Waals surface area (Å²) < 4.78 is 1.91. The van der Waals surface area contributed by atoms with Gasteiger partial charge in [-0.3, -0.25) is 9.48 Å². The molecule has 0 aliphatic carbocycles. The van der Waals surface area contributed by atoms with Gasteiger partial charge < -0.3 is 9.88 Å². The molecule has 5 rings (SSSR count). The van der Waals surface area contributed by atoms with Crippen molar-refractivity contribution in [2.24, 2.45) is 0 Å². The monoisotopic (exact) mass is 376 g/mol. The number of rotatable bonds is 3. The van der Waals surface area contributed by atoms with Crippen molar-refractivity contribution in [3.63, 3.8) is 0 Å². The van der Waals surface area contributed by atoms with Crippen molar-refractivity contribution in [2.45, 2.75) is 6.04 Å². The predicted octanol–water partition coefficient (Wildman–Crippen LogP) is 4.38. The zero-order valence-corrected chi connectivity index (χ0v) is 15.2. The van der Waals surface area contributed by atoms with E-state index in [2.05, 4.69) is 10.1 Å². The first-order chi connectivity index (χ1) is 13.2. The lowest BCUT2D eigenvalue weighted by molar-refractivity contribution is 0.0497. The standard InChI is InChI=1S/C21H17ClN4O/c22-15-7-8-18-17(11-15)19(14-5-2-1-3-6-14)20(24-18)21(27)25-12-16(13-25)26-10-4-9-23-26/h1-11,16,24H,12-13H2. The van der Waals surface area contributed by atoms with Crippen LogP contribution in [0.2, 0.25) is 5.02 Å². The van der Waals surface area contributed by atoms with Gasteiger partial charge in [0.2, 0.25) is 0 Å². The summed E-state index contributed by atoms with van der Waals surface area (Å²) in [4.78, 5) is 18.4. The lowest BCUT2D eigenvalue weighted by Crippen LogP contribution is -2.51. The molecule has 1 fully saturated rings. The van der Waals surface area contributed by atoms with Crippen molar-refractivity contribution in [3.8, 4) is 11.1 Å². The Labute approximate surface area is 161 Å². The van der Waals surface area contributed by atoms with Crippen molar-refractivity contribution >= 4 is 28.4 Å². The maximum Gasteiger partial charge on any atom is 0.271 e. The Morgan fingerprint density at radius 2 is 1.93 bits per heavy atom. The number of hydrogen-bond acceptors (Lipinski definition) is 2. The van der Waals surface area contributed by atoms with E-state index in [0.717, 1.165) is 22.0 Å². The molecule has 3 heterocycles. The summed E-state index contributed by atoms with van der Waals surface area (Å²) in [7, 11) is 0. The first kappa shape index (κ1) is 16.1. The average Bonchev–Trinajstić information content (AvgIpc) is 3.28. The van der Waals surface area contributed by atoms with Crippen LogP contribution in [0.4, 0.5) is 0 Å². The Bertz CT molecular complexity index is 1110. The molecule has 1 saturated heterocycles. The SMILES string of the molecule is O=C(c1[nH]c2ccc(Cl)cc2c1-c1ccccc1)N1CC(n2cccn2)C1. The molecule has 4 aromatic rings. The van der Waals surface area contributed by atoms with E-state index in [1.807, 2.05) is 70.4 Å². The van der Waals surface area contributed by atoms with Crippen LogP contribution in [-0.4, -0.2) is 38.7 Å². The van der Waals surface area contributed by atoms with Gasteiger partial charge in [-0.1, -0.05) is 41.9 Å². The van der Waals surface area contributed by atoms with E-state index in [-0.39, 0.29) is 11.9 Å². The summed E-state index contributed by atoms with van der Waals surface area (Å²) in [6, 6.07) is 17.8. The molecule has 0 atom stereocenters. The fourth-order valence-electron chi connectivity index (χ4n) is 3.67. The minimum absolute atomic E-state index is 0.00424. The molecular weight excluding hydrogens is 360 g/mol. The number of nitrogens with one attached hydrogen (secondary N) is 1. The molecule has 134 valence electrons. The van der Waals surface area contributed by atoms with E-state index in [0.29, 0.717) is 23.8 Å². The molecule has 1 amide bonds. The Kier molecular flexibility index (Phi) is 3.76. The number of carbonyl (C=O) groups excluding carboxylic acids is 1. The molecule has 2 aromatic carbocycles. The number of likely N-dealkylation sites (tertiary alicyclic amines) is 1. The third kappa shape index (κ3) is 2.71. The first-order valence-corrected chi connectivity index (χ1v) is 9.23. The van der Waals surface area contributed by atoms with Gasteiger partial charge in [-0.25, -0.2) is 0 Å². The molecule has 1 aliphatic rings. The number of nitrogens with zero attached hydrogens (tertiary/aromatic N) is 3. The average molecular weight is 377 g/mol. The normalized spacial score (nSPS) is 14.5. The Morgan fingerprint density at radius 1 is 1.11 bits per heavy atom. The highest BCUT2D eigenvalue weighted by Gasteiger charge is 2.34. The number of fused-ring (bicyclic) bond motifs is 1. The van der Waals surface area contributed by atoms with Crippen LogP contribution in [0.1, 0.15) is 16.5 Å². The van der Waals surface area contributed by atoms with Crippen LogP contribution in [-0.2, 0) is 0 Å². The molecule has 0 bridgehead atoms. The van der Waals surface area contributed by atoms with Gasteiger partial charge in [0.15, 0.2) is 0 Å². The summed E-state index contributed by atoms with van der Waals surface area (Å²) in [5.41, 5.74) is 3.42. The van der Waals surface area contributed by atoms with Gasteiger partial charge in [0.1, 0.15) is 5.69 Å².